The number of aromatic nitrogens is 1. The van der Waals surface area contributed by atoms with Gasteiger partial charge in [-0.25, -0.2) is 13.8 Å². The first-order valence-corrected chi connectivity index (χ1v) is 7.68. The summed E-state index contributed by atoms with van der Waals surface area (Å²) in [7, 11) is 0. The molecule has 1 heterocycles. The maximum Gasteiger partial charge on any atom is 0.164 e. The predicted molar refractivity (Wildman–Crippen MR) is 76.0 cm³/mol. The number of halogens is 2. The number of nitrogens with one attached hydrogen (secondary N) is 1. The summed E-state index contributed by atoms with van der Waals surface area (Å²) in [6, 6.07) is 3.94. The molecule has 0 radical (unpaired) electrons. The van der Waals surface area contributed by atoms with Crippen LogP contribution in [0.2, 0.25) is 0 Å². The van der Waals surface area contributed by atoms with Gasteiger partial charge in [-0.05, 0) is 31.9 Å². The van der Waals surface area contributed by atoms with E-state index in [1.807, 2.05) is 6.92 Å². The molecule has 0 saturated heterocycles. The molecular weight excluding hydrogens is 278 g/mol. The van der Waals surface area contributed by atoms with E-state index in [0.717, 1.165) is 36.0 Å². The Morgan fingerprint density at radius 1 is 1.35 bits per heavy atom. The van der Waals surface area contributed by atoms with Crippen molar-refractivity contribution in [1.82, 2.24) is 10.3 Å². The Bertz CT molecular complexity index is 603. The average molecular weight is 294 g/mol. The summed E-state index contributed by atoms with van der Waals surface area (Å²) < 4.78 is 27.5. The van der Waals surface area contributed by atoms with Gasteiger partial charge in [0.1, 0.15) is 5.01 Å². The van der Waals surface area contributed by atoms with Gasteiger partial charge in [0.25, 0.3) is 0 Å². The zero-order valence-corrected chi connectivity index (χ0v) is 12.1. The second kappa shape index (κ2) is 5.58. The smallest absolute Gasteiger partial charge is 0.164 e. The predicted octanol–water partition coefficient (Wildman–Crippen LogP) is 3.61. The highest BCUT2D eigenvalue weighted by Crippen LogP contribution is 2.34. The highest BCUT2D eigenvalue weighted by molar-refractivity contribution is 7.11. The standard InChI is InChI=1S/C15H16F2N2S/c1-2-18-14(9-5-3-6-10(16)13(9)17)15-19-11-7-4-8-12(11)20-15/h3,5-6,14,18H,2,4,7-8H2,1H3. The van der Waals surface area contributed by atoms with Crippen LogP contribution in [0.4, 0.5) is 8.78 Å². The third-order valence-electron chi connectivity index (χ3n) is 3.56. The van der Waals surface area contributed by atoms with E-state index in [1.165, 1.54) is 4.88 Å². The lowest BCUT2D eigenvalue weighted by Crippen LogP contribution is -2.23. The molecule has 1 N–H and O–H groups in total. The van der Waals surface area contributed by atoms with Gasteiger partial charge in [-0.15, -0.1) is 11.3 Å². The number of benzene rings is 1. The molecule has 1 aromatic heterocycles. The van der Waals surface area contributed by atoms with Crippen molar-refractivity contribution in [1.29, 1.82) is 0 Å². The van der Waals surface area contributed by atoms with Crippen LogP contribution < -0.4 is 5.32 Å². The minimum absolute atomic E-state index is 0.333. The first kappa shape index (κ1) is 13.6. The molecule has 1 aliphatic carbocycles. The summed E-state index contributed by atoms with van der Waals surface area (Å²) in [5.74, 6) is -1.59. The van der Waals surface area contributed by atoms with Crippen LogP contribution in [0.3, 0.4) is 0 Å². The maximum atomic E-state index is 14.0. The van der Waals surface area contributed by atoms with E-state index in [-0.39, 0.29) is 6.04 Å². The number of thiazole rings is 1. The molecule has 0 spiro atoms. The van der Waals surface area contributed by atoms with Crippen LogP contribution in [0.5, 0.6) is 0 Å². The lowest BCUT2D eigenvalue weighted by molar-refractivity contribution is 0.482. The van der Waals surface area contributed by atoms with Crippen LogP contribution in [0.1, 0.15) is 40.5 Å². The first-order valence-electron chi connectivity index (χ1n) is 6.86. The molecule has 5 heteroatoms. The van der Waals surface area contributed by atoms with Gasteiger partial charge in [-0.1, -0.05) is 19.1 Å². The molecule has 1 aliphatic rings. The summed E-state index contributed by atoms with van der Waals surface area (Å²) in [6.45, 7) is 2.62. The summed E-state index contributed by atoms with van der Waals surface area (Å²) in [5.41, 5.74) is 1.46. The number of fused-ring (bicyclic) bond motifs is 1. The van der Waals surface area contributed by atoms with Crippen LogP contribution in [0.25, 0.3) is 0 Å². The largest absolute Gasteiger partial charge is 0.304 e. The van der Waals surface area contributed by atoms with Crippen LogP contribution >= 0.6 is 11.3 Å². The second-order valence-corrected chi connectivity index (χ2v) is 6.02. The summed E-state index contributed by atoms with van der Waals surface area (Å²) >= 11 is 1.62. The fourth-order valence-electron chi connectivity index (χ4n) is 2.61. The Labute approximate surface area is 120 Å². The maximum absolute atomic E-state index is 14.0. The van der Waals surface area contributed by atoms with Crippen LogP contribution in [0.15, 0.2) is 18.2 Å². The molecule has 2 nitrogen and oxygen atoms in total. The minimum Gasteiger partial charge on any atom is -0.304 e. The Morgan fingerprint density at radius 2 is 2.20 bits per heavy atom. The fraction of sp³-hybridized carbons (Fsp3) is 0.400. The molecule has 0 fully saturated rings. The third-order valence-corrected chi connectivity index (χ3v) is 4.78. The van der Waals surface area contributed by atoms with Gasteiger partial charge in [0, 0.05) is 10.4 Å². The van der Waals surface area contributed by atoms with E-state index in [4.69, 9.17) is 0 Å². The number of nitrogens with zero attached hydrogens (tertiary/aromatic N) is 1. The SMILES string of the molecule is CCNC(c1nc2c(s1)CCC2)c1cccc(F)c1F. The second-order valence-electron chi connectivity index (χ2n) is 4.91. The van der Waals surface area contributed by atoms with Gasteiger partial charge < -0.3 is 5.32 Å². The monoisotopic (exact) mass is 294 g/mol. The molecule has 0 amide bonds. The van der Waals surface area contributed by atoms with Gasteiger partial charge in [0.15, 0.2) is 11.6 Å². The number of aryl methyl sites for hydroxylation is 2. The quantitative estimate of drug-likeness (QED) is 0.932. The minimum atomic E-state index is -0.811. The molecule has 2 aromatic rings. The molecule has 0 bridgehead atoms. The Hall–Kier alpha value is -1.33. The Morgan fingerprint density at radius 3 is 2.95 bits per heavy atom. The lowest BCUT2D eigenvalue weighted by atomic mass is 10.1. The number of hydrogen-bond donors (Lipinski definition) is 1. The van der Waals surface area contributed by atoms with Gasteiger partial charge in [-0.2, -0.15) is 0 Å². The van der Waals surface area contributed by atoms with Gasteiger partial charge >= 0.3 is 0 Å². The fourth-order valence-corrected chi connectivity index (χ4v) is 3.86. The zero-order valence-electron chi connectivity index (χ0n) is 11.2. The lowest BCUT2D eigenvalue weighted by Gasteiger charge is -2.17. The van der Waals surface area contributed by atoms with Crippen LogP contribution in [-0.4, -0.2) is 11.5 Å². The highest BCUT2D eigenvalue weighted by atomic mass is 32.1. The Kier molecular flexibility index (Phi) is 3.81. The van der Waals surface area contributed by atoms with Crippen molar-refractivity contribution in [2.24, 2.45) is 0 Å². The van der Waals surface area contributed by atoms with Crippen molar-refractivity contribution < 1.29 is 8.78 Å². The normalized spacial score (nSPS) is 15.3. The molecule has 0 saturated carbocycles. The topological polar surface area (TPSA) is 24.9 Å². The average Bonchev–Trinajstić information content (AvgIpc) is 3.00. The summed E-state index contributed by atoms with van der Waals surface area (Å²) in [6.07, 6.45) is 3.20. The van der Waals surface area contributed by atoms with Crippen molar-refractivity contribution in [2.75, 3.05) is 6.54 Å². The summed E-state index contributed by atoms with van der Waals surface area (Å²) in [4.78, 5) is 5.92. The number of rotatable bonds is 4. The Balaban J connectivity index is 2.01. The van der Waals surface area contributed by atoms with E-state index in [1.54, 1.807) is 23.5 Å². The van der Waals surface area contributed by atoms with Gasteiger partial charge in [0.2, 0.25) is 0 Å². The molecule has 1 atom stereocenters. The van der Waals surface area contributed by atoms with Crippen LogP contribution in [0, 0.1) is 11.6 Å². The van der Waals surface area contributed by atoms with Gasteiger partial charge in [0.05, 0.1) is 11.7 Å². The zero-order chi connectivity index (χ0) is 14.1. The molecule has 0 aliphatic heterocycles. The molecule has 1 aromatic carbocycles. The third kappa shape index (κ3) is 2.36. The number of hydrogen-bond acceptors (Lipinski definition) is 3. The van der Waals surface area contributed by atoms with Crippen molar-refractivity contribution in [3.8, 4) is 0 Å². The first-order chi connectivity index (χ1) is 9.70. The molecular formula is C15H16F2N2S. The van der Waals surface area contributed by atoms with E-state index in [2.05, 4.69) is 10.3 Å². The van der Waals surface area contributed by atoms with Crippen LogP contribution in [-0.2, 0) is 12.8 Å². The van der Waals surface area contributed by atoms with E-state index in [0.29, 0.717) is 12.1 Å². The van der Waals surface area contributed by atoms with Gasteiger partial charge in [-0.3, -0.25) is 0 Å². The molecule has 20 heavy (non-hydrogen) atoms. The van der Waals surface area contributed by atoms with Crippen molar-refractivity contribution >= 4 is 11.3 Å². The van der Waals surface area contributed by atoms with E-state index >= 15 is 0 Å². The molecule has 106 valence electrons. The highest BCUT2D eigenvalue weighted by Gasteiger charge is 2.25. The molecule has 3 rings (SSSR count). The van der Waals surface area contributed by atoms with Crippen molar-refractivity contribution in [3.05, 3.63) is 51.0 Å². The van der Waals surface area contributed by atoms with E-state index in [9.17, 15) is 8.78 Å². The van der Waals surface area contributed by atoms with Crippen molar-refractivity contribution in [3.63, 3.8) is 0 Å². The molecule has 1 unspecified atom stereocenters. The summed E-state index contributed by atoms with van der Waals surface area (Å²) in [5, 5.41) is 4.05. The van der Waals surface area contributed by atoms with Crippen molar-refractivity contribution in [2.45, 2.75) is 32.2 Å². The van der Waals surface area contributed by atoms with E-state index < -0.39 is 11.6 Å².